The van der Waals surface area contributed by atoms with Gasteiger partial charge in [-0.25, -0.2) is 4.98 Å². The summed E-state index contributed by atoms with van der Waals surface area (Å²) in [6.07, 6.45) is 0. The second kappa shape index (κ2) is 6.21. The fourth-order valence-corrected chi connectivity index (χ4v) is 1.76. The van der Waals surface area contributed by atoms with Crippen LogP contribution in [0.25, 0.3) is 0 Å². The van der Waals surface area contributed by atoms with Crippen molar-refractivity contribution in [3.05, 3.63) is 57.1 Å². The van der Waals surface area contributed by atoms with E-state index in [0.717, 1.165) is 5.56 Å². The average Bonchev–Trinajstić information content (AvgIpc) is 2.46. The van der Waals surface area contributed by atoms with Gasteiger partial charge in [0.1, 0.15) is 11.6 Å². The van der Waals surface area contributed by atoms with Gasteiger partial charge >= 0.3 is 0 Å². The van der Waals surface area contributed by atoms with Crippen LogP contribution in [0.3, 0.4) is 0 Å². The van der Waals surface area contributed by atoms with E-state index in [9.17, 15) is 10.1 Å². The number of pyridine rings is 1. The van der Waals surface area contributed by atoms with E-state index in [2.05, 4.69) is 15.6 Å². The molecule has 0 aliphatic heterocycles. The van der Waals surface area contributed by atoms with Gasteiger partial charge in [-0.1, -0.05) is 23.7 Å². The van der Waals surface area contributed by atoms with Gasteiger partial charge < -0.3 is 10.6 Å². The first-order valence-electron chi connectivity index (χ1n) is 5.91. The number of nitrogens with zero attached hydrogens (tertiary/aromatic N) is 2. The topological polar surface area (TPSA) is 80.1 Å². The monoisotopic (exact) mass is 292 g/mol. The zero-order valence-corrected chi connectivity index (χ0v) is 11.5. The molecule has 1 heterocycles. The normalized spacial score (nSPS) is 10.1. The molecule has 0 bridgehead atoms. The molecule has 0 saturated carbocycles. The Morgan fingerprint density at radius 1 is 1.25 bits per heavy atom. The number of hydrogen-bond donors (Lipinski definition) is 2. The molecule has 0 aliphatic rings. The zero-order valence-electron chi connectivity index (χ0n) is 10.8. The molecule has 0 unspecified atom stereocenters. The van der Waals surface area contributed by atoms with Crippen LogP contribution in [0, 0.1) is 10.1 Å². The van der Waals surface area contributed by atoms with Gasteiger partial charge in [-0.3, -0.25) is 10.1 Å². The van der Waals surface area contributed by atoms with Crippen LogP contribution in [0.1, 0.15) is 5.56 Å². The summed E-state index contributed by atoms with van der Waals surface area (Å²) in [5, 5.41) is 17.4. The first-order valence-corrected chi connectivity index (χ1v) is 6.29. The van der Waals surface area contributed by atoms with Crippen molar-refractivity contribution in [3.8, 4) is 0 Å². The zero-order chi connectivity index (χ0) is 14.5. The second-order valence-electron chi connectivity index (χ2n) is 4.08. The predicted molar refractivity (Wildman–Crippen MR) is 79.2 cm³/mol. The van der Waals surface area contributed by atoms with Crippen molar-refractivity contribution < 1.29 is 4.92 Å². The smallest absolute Gasteiger partial charge is 0.276 e. The summed E-state index contributed by atoms with van der Waals surface area (Å²) in [6, 6.07) is 10.1. The fourth-order valence-electron chi connectivity index (χ4n) is 1.64. The summed E-state index contributed by atoms with van der Waals surface area (Å²) in [5.41, 5.74) is 0.997. The average molecular weight is 293 g/mol. The SMILES string of the molecule is CNc1cc([N+](=O)[O-])cc(NCc2ccc(Cl)cc2)n1. The molecule has 1 aromatic carbocycles. The summed E-state index contributed by atoms with van der Waals surface area (Å²) < 4.78 is 0. The van der Waals surface area contributed by atoms with E-state index in [-0.39, 0.29) is 5.69 Å². The molecule has 0 spiro atoms. The molecule has 0 radical (unpaired) electrons. The van der Waals surface area contributed by atoms with Gasteiger partial charge in [0, 0.05) is 18.6 Å². The maximum atomic E-state index is 10.8. The largest absolute Gasteiger partial charge is 0.373 e. The highest BCUT2D eigenvalue weighted by Gasteiger charge is 2.10. The third-order valence-corrected chi connectivity index (χ3v) is 2.92. The quantitative estimate of drug-likeness (QED) is 0.653. The van der Waals surface area contributed by atoms with E-state index in [4.69, 9.17) is 11.6 Å². The minimum absolute atomic E-state index is 0.0112. The maximum absolute atomic E-state index is 10.8. The lowest BCUT2D eigenvalue weighted by atomic mass is 10.2. The lowest BCUT2D eigenvalue weighted by molar-refractivity contribution is -0.384. The summed E-state index contributed by atoms with van der Waals surface area (Å²) in [5.74, 6) is 0.885. The van der Waals surface area contributed by atoms with Crippen molar-refractivity contribution in [1.29, 1.82) is 0 Å². The van der Waals surface area contributed by atoms with Crippen LogP contribution in [0.4, 0.5) is 17.3 Å². The Morgan fingerprint density at radius 2 is 1.90 bits per heavy atom. The van der Waals surface area contributed by atoms with E-state index in [1.807, 2.05) is 12.1 Å². The summed E-state index contributed by atoms with van der Waals surface area (Å²) in [4.78, 5) is 14.6. The molecular formula is C13H13ClN4O2. The molecule has 1 aromatic heterocycles. The van der Waals surface area contributed by atoms with Gasteiger partial charge in [0.05, 0.1) is 17.1 Å². The Balaban J connectivity index is 2.14. The molecule has 0 aliphatic carbocycles. The van der Waals surface area contributed by atoms with Crippen LogP contribution in [-0.4, -0.2) is 17.0 Å². The van der Waals surface area contributed by atoms with Crippen molar-refractivity contribution in [2.45, 2.75) is 6.54 Å². The molecule has 0 amide bonds. The molecule has 0 atom stereocenters. The first kappa shape index (κ1) is 14.1. The van der Waals surface area contributed by atoms with Gasteiger partial charge in [-0.15, -0.1) is 0 Å². The minimum Gasteiger partial charge on any atom is -0.373 e. The van der Waals surface area contributed by atoms with Crippen LogP contribution < -0.4 is 10.6 Å². The third-order valence-electron chi connectivity index (χ3n) is 2.66. The standard InChI is InChI=1S/C13H13ClN4O2/c1-15-12-6-11(18(19)20)7-13(17-12)16-8-9-2-4-10(14)5-3-9/h2-7H,8H2,1H3,(H2,15,16,17). The van der Waals surface area contributed by atoms with Crippen molar-refractivity contribution in [3.63, 3.8) is 0 Å². The molecule has 0 fully saturated rings. The van der Waals surface area contributed by atoms with E-state index < -0.39 is 4.92 Å². The molecule has 2 aromatic rings. The Labute approximate surface area is 120 Å². The number of halogens is 1. The second-order valence-corrected chi connectivity index (χ2v) is 4.52. The van der Waals surface area contributed by atoms with E-state index in [1.54, 1.807) is 19.2 Å². The molecule has 7 heteroatoms. The van der Waals surface area contributed by atoms with Crippen LogP contribution in [0.15, 0.2) is 36.4 Å². The van der Waals surface area contributed by atoms with E-state index >= 15 is 0 Å². The molecular weight excluding hydrogens is 280 g/mol. The summed E-state index contributed by atoms with van der Waals surface area (Å²) in [7, 11) is 1.66. The van der Waals surface area contributed by atoms with E-state index in [0.29, 0.717) is 23.2 Å². The lowest BCUT2D eigenvalue weighted by Crippen LogP contribution is -2.04. The molecule has 104 valence electrons. The number of nitrogens with one attached hydrogen (secondary N) is 2. The Hall–Kier alpha value is -2.34. The maximum Gasteiger partial charge on any atom is 0.276 e. The van der Waals surface area contributed by atoms with Gasteiger partial charge in [-0.05, 0) is 17.7 Å². The summed E-state index contributed by atoms with van der Waals surface area (Å²) >= 11 is 5.81. The van der Waals surface area contributed by atoms with Gasteiger partial charge in [0.15, 0.2) is 0 Å². The highest BCUT2D eigenvalue weighted by Crippen LogP contribution is 2.21. The van der Waals surface area contributed by atoms with Gasteiger partial charge in [0.2, 0.25) is 0 Å². The summed E-state index contributed by atoms with van der Waals surface area (Å²) in [6.45, 7) is 0.508. The van der Waals surface area contributed by atoms with Crippen molar-refractivity contribution in [2.75, 3.05) is 17.7 Å². The number of anilines is 2. The van der Waals surface area contributed by atoms with Crippen LogP contribution in [0.2, 0.25) is 5.02 Å². The fraction of sp³-hybridized carbons (Fsp3) is 0.154. The number of benzene rings is 1. The van der Waals surface area contributed by atoms with Gasteiger partial charge in [0.25, 0.3) is 5.69 Å². The number of aromatic nitrogens is 1. The highest BCUT2D eigenvalue weighted by atomic mass is 35.5. The lowest BCUT2D eigenvalue weighted by Gasteiger charge is -2.08. The predicted octanol–water partition coefficient (Wildman–Crippen LogP) is 3.30. The molecule has 6 nitrogen and oxygen atoms in total. The molecule has 0 saturated heterocycles. The van der Waals surface area contributed by atoms with Crippen molar-refractivity contribution in [2.24, 2.45) is 0 Å². The van der Waals surface area contributed by atoms with E-state index in [1.165, 1.54) is 12.1 Å². The first-order chi connectivity index (χ1) is 9.58. The van der Waals surface area contributed by atoms with Crippen molar-refractivity contribution >= 4 is 28.9 Å². The number of hydrogen-bond acceptors (Lipinski definition) is 5. The van der Waals surface area contributed by atoms with Crippen LogP contribution >= 0.6 is 11.6 Å². The molecule has 20 heavy (non-hydrogen) atoms. The molecule has 2 rings (SSSR count). The Bertz CT molecular complexity index is 616. The van der Waals surface area contributed by atoms with Crippen molar-refractivity contribution in [1.82, 2.24) is 4.98 Å². The number of nitro groups is 1. The van der Waals surface area contributed by atoms with Crippen LogP contribution in [-0.2, 0) is 6.54 Å². The number of rotatable bonds is 5. The van der Waals surface area contributed by atoms with Crippen LogP contribution in [0.5, 0.6) is 0 Å². The molecule has 2 N–H and O–H groups in total. The Morgan fingerprint density at radius 3 is 2.50 bits per heavy atom. The minimum atomic E-state index is -0.448. The Kier molecular flexibility index (Phi) is 4.37. The van der Waals surface area contributed by atoms with Gasteiger partial charge in [-0.2, -0.15) is 0 Å². The highest BCUT2D eigenvalue weighted by molar-refractivity contribution is 6.30. The third kappa shape index (κ3) is 3.58.